The molecular formula is C16H37GdN4O10. The number of carboxylic acids is 5. The molecule has 0 aromatic heterocycles. The van der Waals surface area contributed by atoms with Gasteiger partial charge in [0.2, 0.25) is 0 Å². The van der Waals surface area contributed by atoms with Crippen molar-refractivity contribution in [2.75, 3.05) is 40.3 Å². The van der Waals surface area contributed by atoms with Gasteiger partial charge in [0.1, 0.15) is 0 Å². The molecule has 0 aliphatic heterocycles. The molecule has 0 spiro atoms. The normalized spacial score (nSPS) is 6.74. The second-order valence-corrected chi connectivity index (χ2v) is 4.31. The van der Waals surface area contributed by atoms with Crippen LogP contribution < -0.4 is 27.0 Å². The molecule has 189 valence electrons. The Bertz CT molecular complexity index is 307. The van der Waals surface area contributed by atoms with Gasteiger partial charge in [0.15, 0.2) is 0 Å². The molecule has 0 aromatic rings. The van der Waals surface area contributed by atoms with Crippen molar-refractivity contribution in [3.05, 3.63) is 5.32 Å². The van der Waals surface area contributed by atoms with E-state index in [4.69, 9.17) is 61.0 Å². The summed E-state index contributed by atoms with van der Waals surface area (Å²) < 4.78 is 0. The van der Waals surface area contributed by atoms with E-state index in [1.54, 1.807) is 14.1 Å². The van der Waals surface area contributed by atoms with Crippen molar-refractivity contribution in [3.63, 3.8) is 0 Å². The molecule has 0 saturated heterocycles. The van der Waals surface area contributed by atoms with E-state index in [2.05, 4.69) is 10.6 Å². The van der Waals surface area contributed by atoms with Gasteiger partial charge in [0.05, 0.1) is 0 Å². The Morgan fingerprint density at radius 1 is 0.710 bits per heavy atom. The third-order valence-electron chi connectivity index (χ3n) is 0.642. The molecule has 14 nitrogen and oxygen atoms in total. The minimum Gasteiger partial charge on any atom is -0.668 e. The van der Waals surface area contributed by atoms with E-state index in [0.717, 1.165) is 47.7 Å². The van der Waals surface area contributed by atoms with Gasteiger partial charge in [-0.05, 0) is 13.8 Å². The van der Waals surface area contributed by atoms with Crippen molar-refractivity contribution in [1.29, 1.82) is 0 Å². The van der Waals surface area contributed by atoms with E-state index in [9.17, 15) is 0 Å². The van der Waals surface area contributed by atoms with Gasteiger partial charge in [-0.2, -0.15) is 14.1 Å². The van der Waals surface area contributed by atoms with Crippen molar-refractivity contribution in [2.45, 2.75) is 34.6 Å². The predicted octanol–water partition coefficient (Wildman–Crippen LogP) is -3.10. The predicted molar refractivity (Wildman–Crippen MR) is 107 cm³/mol. The van der Waals surface area contributed by atoms with Crippen LogP contribution in [0.1, 0.15) is 34.6 Å². The summed E-state index contributed by atoms with van der Waals surface area (Å²) in [6.45, 7) is 8.33. The van der Waals surface area contributed by atoms with E-state index in [0.29, 0.717) is 13.1 Å². The van der Waals surface area contributed by atoms with Gasteiger partial charge in [-0.25, -0.2) is 0 Å². The molecule has 0 bridgehead atoms. The van der Waals surface area contributed by atoms with Crippen molar-refractivity contribution in [3.8, 4) is 0 Å². The molecule has 1 radical (unpaired) electrons. The molecule has 0 saturated carbocycles. The minimum absolute atomic E-state index is 0. The monoisotopic (exact) mass is 603 g/mol. The van der Waals surface area contributed by atoms with Gasteiger partial charge in [0.25, 0.3) is 17.9 Å². The van der Waals surface area contributed by atoms with E-state index in [1.807, 2.05) is 0 Å². The van der Waals surface area contributed by atoms with Gasteiger partial charge in [-0.1, -0.05) is 0 Å². The van der Waals surface area contributed by atoms with Crippen molar-refractivity contribution in [2.24, 2.45) is 11.5 Å². The number of hydrogen-bond donors (Lipinski definition) is 6. The molecule has 0 fully saturated rings. The summed E-state index contributed by atoms with van der Waals surface area (Å²) >= 11 is 0. The fourth-order valence-electron chi connectivity index (χ4n) is 0.329. The molecule has 8 N–H and O–H groups in total. The Labute approximate surface area is 215 Å². The summed E-state index contributed by atoms with van der Waals surface area (Å²) in [5, 5.41) is 46.6. The standard InChI is InChI=1S/C4H13N3.C2H6N.5C2H4O2.Gd/c5-1-3-7-4-2-6;1-3-2;5*1-2(3)4;/h7H,1-6H2;1-2H3;5*1H3,(H,3,4);/q;-1;;;;;;+3/p-2. The van der Waals surface area contributed by atoms with Crippen molar-refractivity contribution in [1.82, 2.24) is 5.32 Å². The van der Waals surface area contributed by atoms with Crippen LogP contribution in [0.25, 0.3) is 5.32 Å². The Balaban J connectivity index is -0.0000000336. The van der Waals surface area contributed by atoms with Gasteiger partial charge < -0.3 is 57.2 Å². The number of nitrogens with two attached hydrogens (primary N) is 2. The molecule has 0 heterocycles. The van der Waals surface area contributed by atoms with Crippen LogP contribution in [0.2, 0.25) is 0 Å². The number of nitrogens with zero attached hydrogens (tertiary/aromatic N) is 1. The van der Waals surface area contributed by atoms with Crippen LogP contribution in [0.15, 0.2) is 0 Å². The summed E-state index contributed by atoms with van der Waals surface area (Å²) in [7, 11) is 3.50. The summed E-state index contributed by atoms with van der Waals surface area (Å²) in [6.07, 6.45) is 0. The maximum absolute atomic E-state index is 9.00. The number of nitrogens with one attached hydrogen (secondary N) is 1. The second-order valence-electron chi connectivity index (χ2n) is 4.31. The Hall–Kier alpha value is -1.49. The first kappa shape index (κ1) is 51.8. The molecule has 0 amide bonds. The van der Waals surface area contributed by atoms with Gasteiger partial charge in [-0.15, -0.1) is 0 Å². The molecule has 0 unspecified atom stereocenters. The van der Waals surface area contributed by atoms with E-state index < -0.39 is 29.8 Å². The first-order valence-corrected chi connectivity index (χ1v) is 8.02. The fraction of sp³-hybridized carbons (Fsp3) is 0.688. The minimum atomic E-state index is -1.08. The zero-order valence-electron chi connectivity index (χ0n) is 19.0. The van der Waals surface area contributed by atoms with E-state index in [1.165, 1.54) is 0 Å². The van der Waals surface area contributed by atoms with Crippen LogP contribution in [-0.4, -0.2) is 85.4 Å². The number of hydrogen-bond acceptors (Lipinski definition) is 10. The first-order valence-electron chi connectivity index (χ1n) is 8.02. The third kappa shape index (κ3) is 3170. The van der Waals surface area contributed by atoms with E-state index >= 15 is 0 Å². The topological polar surface area (TPSA) is 270 Å². The SMILES string of the molecule is CC(=O)O.CC(=O)O.CC(=O)O.CC(=O)[O-].CC(=O)[O-].C[N-]C.NCCNCCN.[Gd+3]. The zero-order chi connectivity index (χ0) is 26.1. The maximum Gasteiger partial charge on any atom is 3.00 e. The van der Waals surface area contributed by atoms with E-state index in [-0.39, 0.29) is 39.9 Å². The van der Waals surface area contributed by atoms with Crippen LogP contribution in [0, 0.1) is 39.9 Å². The van der Waals surface area contributed by atoms with Gasteiger partial charge in [0, 0.05) is 58.9 Å². The molecule has 0 aliphatic carbocycles. The molecule has 0 aromatic carbocycles. The first-order chi connectivity index (χ1) is 13.5. The fourth-order valence-corrected chi connectivity index (χ4v) is 0.329. The van der Waals surface area contributed by atoms with Crippen LogP contribution in [-0.2, 0) is 24.0 Å². The number of carbonyl (C=O) groups is 5. The maximum atomic E-state index is 9.00. The van der Waals surface area contributed by atoms with Gasteiger partial charge >= 0.3 is 39.9 Å². The average molecular weight is 603 g/mol. The summed E-state index contributed by atoms with van der Waals surface area (Å²) in [5.41, 5.74) is 10.3. The van der Waals surface area contributed by atoms with Crippen molar-refractivity contribution < 1.29 is 89.4 Å². The Kier molecular flexibility index (Phi) is 94.8. The molecule has 31 heavy (non-hydrogen) atoms. The largest absolute Gasteiger partial charge is 3.00 e. The summed E-state index contributed by atoms with van der Waals surface area (Å²) in [5.74, 6) is -4.67. The molecular weight excluding hydrogens is 565 g/mol. The van der Waals surface area contributed by atoms with Crippen molar-refractivity contribution >= 4 is 29.8 Å². The Morgan fingerprint density at radius 2 is 0.806 bits per heavy atom. The van der Waals surface area contributed by atoms with Gasteiger partial charge in [-0.3, -0.25) is 14.4 Å². The number of rotatable bonds is 4. The molecule has 15 heteroatoms. The number of carbonyl (C=O) groups excluding carboxylic acids is 2. The average Bonchev–Trinajstić information content (AvgIpc) is 2.45. The van der Waals surface area contributed by atoms with Crippen LogP contribution in [0.5, 0.6) is 0 Å². The van der Waals surface area contributed by atoms with Crippen LogP contribution >= 0.6 is 0 Å². The number of aliphatic carboxylic acids is 5. The smallest absolute Gasteiger partial charge is 0.668 e. The second kappa shape index (κ2) is 56.7. The molecule has 0 aliphatic rings. The summed E-state index contributed by atoms with van der Waals surface area (Å²) in [6, 6.07) is 0. The summed E-state index contributed by atoms with van der Waals surface area (Å²) in [4.78, 5) is 44.8. The van der Waals surface area contributed by atoms with Crippen LogP contribution in [0.4, 0.5) is 0 Å². The molecule has 0 rings (SSSR count). The Morgan fingerprint density at radius 3 is 0.871 bits per heavy atom. The third-order valence-corrected chi connectivity index (χ3v) is 0.642. The zero-order valence-corrected chi connectivity index (χ0v) is 21.3. The van der Waals surface area contributed by atoms with Crippen LogP contribution in [0.3, 0.4) is 0 Å². The number of carboxylic acid groups (broad SMARTS) is 5. The molecule has 0 atom stereocenters. The quantitative estimate of drug-likeness (QED) is 0.174.